The molecule has 0 unspecified atom stereocenters. The van der Waals surface area contributed by atoms with Crippen molar-refractivity contribution >= 4 is 35.0 Å². The molecule has 4 aromatic rings. The highest BCUT2D eigenvalue weighted by Crippen LogP contribution is 2.34. The normalized spacial score (nSPS) is 15.6. The summed E-state index contributed by atoms with van der Waals surface area (Å²) in [6.45, 7) is 2.04. The third-order valence-corrected chi connectivity index (χ3v) is 6.91. The smallest absolute Gasteiger partial charge is 0.253 e. The van der Waals surface area contributed by atoms with E-state index in [-0.39, 0.29) is 17.7 Å². The Bertz CT molecular complexity index is 1350. The van der Waals surface area contributed by atoms with E-state index in [1.807, 2.05) is 73.1 Å². The standard InChI is InChI=1S/C25H22ClN5O2S/c1-16-5-3-6-18(13-16)24-27-28-25(30(24)2)34-15-23(32)31-21(22-7-4-12-33-22)14-20(29-31)17-8-10-19(26)11-9-17/h3-13,21H,14-15H2,1-2H3/t21-/m1/s1. The van der Waals surface area contributed by atoms with Gasteiger partial charge in [-0.25, -0.2) is 5.01 Å². The van der Waals surface area contributed by atoms with E-state index in [0.29, 0.717) is 22.4 Å². The second-order valence-electron chi connectivity index (χ2n) is 8.05. The zero-order valence-corrected chi connectivity index (χ0v) is 20.3. The first kappa shape index (κ1) is 22.4. The van der Waals surface area contributed by atoms with Gasteiger partial charge in [-0.3, -0.25) is 4.79 Å². The number of benzene rings is 2. The first-order valence-corrected chi connectivity index (χ1v) is 12.1. The molecular weight excluding hydrogens is 470 g/mol. The van der Waals surface area contributed by atoms with Crippen LogP contribution < -0.4 is 0 Å². The van der Waals surface area contributed by atoms with Crippen LogP contribution in [-0.4, -0.2) is 37.1 Å². The van der Waals surface area contributed by atoms with Gasteiger partial charge in [0.1, 0.15) is 11.8 Å². The van der Waals surface area contributed by atoms with E-state index < -0.39 is 0 Å². The van der Waals surface area contributed by atoms with Crippen LogP contribution in [-0.2, 0) is 11.8 Å². The van der Waals surface area contributed by atoms with Gasteiger partial charge in [0.15, 0.2) is 11.0 Å². The van der Waals surface area contributed by atoms with Crippen LogP contribution in [0.5, 0.6) is 0 Å². The van der Waals surface area contributed by atoms with Gasteiger partial charge in [-0.1, -0.05) is 59.3 Å². The summed E-state index contributed by atoms with van der Waals surface area (Å²) in [5, 5.41) is 16.1. The molecule has 2 aromatic carbocycles. The highest BCUT2D eigenvalue weighted by molar-refractivity contribution is 7.99. The van der Waals surface area contributed by atoms with E-state index in [9.17, 15) is 4.79 Å². The molecule has 3 heterocycles. The van der Waals surface area contributed by atoms with E-state index in [1.165, 1.54) is 16.8 Å². The number of carbonyl (C=O) groups is 1. The van der Waals surface area contributed by atoms with Crippen LogP contribution >= 0.6 is 23.4 Å². The second kappa shape index (κ2) is 9.48. The Balaban J connectivity index is 1.35. The maximum absolute atomic E-state index is 13.3. The highest BCUT2D eigenvalue weighted by atomic mass is 35.5. The van der Waals surface area contributed by atoms with E-state index in [2.05, 4.69) is 21.4 Å². The molecule has 0 saturated carbocycles. The van der Waals surface area contributed by atoms with Gasteiger partial charge < -0.3 is 8.98 Å². The molecule has 34 heavy (non-hydrogen) atoms. The van der Waals surface area contributed by atoms with Gasteiger partial charge in [-0.15, -0.1) is 10.2 Å². The molecule has 1 atom stereocenters. The van der Waals surface area contributed by atoms with E-state index in [4.69, 9.17) is 16.0 Å². The van der Waals surface area contributed by atoms with E-state index in [0.717, 1.165) is 28.2 Å². The summed E-state index contributed by atoms with van der Waals surface area (Å²) in [4.78, 5) is 13.3. The van der Waals surface area contributed by atoms with Crippen molar-refractivity contribution in [1.82, 2.24) is 19.8 Å². The highest BCUT2D eigenvalue weighted by Gasteiger charge is 2.35. The zero-order valence-electron chi connectivity index (χ0n) is 18.7. The fraction of sp³-hybridized carbons (Fsp3) is 0.200. The first-order valence-electron chi connectivity index (χ1n) is 10.8. The van der Waals surface area contributed by atoms with Crippen LogP contribution in [0.4, 0.5) is 0 Å². The lowest BCUT2D eigenvalue weighted by Gasteiger charge is -2.19. The first-order chi connectivity index (χ1) is 16.5. The Morgan fingerprint density at radius 3 is 2.68 bits per heavy atom. The summed E-state index contributed by atoms with van der Waals surface area (Å²) >= 11 is 7.37. The number of halogens is 1. The third-order valence-electron chi connectivity index (χ3n) is 5.65. The molecule has 5 rings (SSSR count). The van der Waals surface area contributed by atoms with Crippen molar-refractivity contribution in [2.45, 2.75) is 24.5 Å². The topological polar surface area (TPSA) is 76.5 Å². The Morgan fingerprint density at radius 2 is 1.94 bits per heavy atom. The van der Waals surface area contributed by atoms with Gasteiger partial charge in [0.2, 0.25) is 0 Å². The summed E-state index contributed by atoms with van der Waals surface area (Å²) in [6.07, 6.45) is 2.17. The SMILES string of the molecule is Cc1cccc(-c2nnc(SCC(=O)N3N=C(c4ccc(Cl)cc4)C[C@@H]3c3ccco3)n2C)c1. The molecule has 9 heteroatoms. The molecule has 1 aliphatic heterocycles. The van der Waals surface area contributed by atoms with Crippen molar-refractivity contribution in [3.8, 4) is 11.4 Å². The number of hydrogen-bond donors (Lipinski definition) is 0. The predicted octanol–water partition coefficient (Wildman–Crippen LogP) is 5.51. The van der Waals surface area contributed by atoms with Gasteiger partial charge in [0.05, 0.1) is 17.7 Å². The van der Waals surface area contributed by atoms with E-state index in [1.54, 1.807) is 6.26 Å². The van der Waals surface area contributed by atoms with Crippen LogP contribution in [0.2, 0.25) is 5.02 Å². The van der Waals surface area contributed by atoms with Crippen molar-refractivity contribution < 1.29 is 9.21 Å². The molecule has 0 saturated heterocycles. The molecule has 0 spiro atoms. The number of thioether (sulfide) groups is 1. The van der Waals surface area contributed by atoms with Gasteiger partial charge in [-0.05, 0) is 42.8 Å². The minimum absolute atomic E-state index is 0.129. The average molecular weight is 492 g/mol. The third kappa shape index (κ3) is 4.51. The molecule has 0 N–H and O–H groups in total. The largest absolute Gasteiger partial charge is 0.467 e. The number of furan rings is 1. The summed E-state index contributed by atoms with van der Waals surface area (Å²) < 4.78 is 7.53. The minimum Gasteiger partial charge on any atom is -0.467 e. The molecule has 0 fully saturated rings. The lowest BCUT2D eigenvalue weighted by Crippen LogP contribution is -2.28. The number of hydrazone groups is 1. The molecule has 1 amide bonds. The van der Waals surface area contributed by atoms with Crippen LogP contribution in [0.25, 0.3) is 11.4 Å². The monoisotopic (exact) mass is 491 g/mol. The molecule has 0 bridgehead atoms. The number of nitrogens with zero attached hydrogens (tertiary/aromatic N) is 5. The van der Waals surface area contributed by atoms with Crippen LogP contribution in [0, 0.1) is 6.92 Å². The van der Waals surface area contributed by atoms with Crippen LogP contribution in [0.3, 0.4) is 0 Å². The quantitative estimate of drug-likeness (QED) is 0.332. The number of aryl methyl sites for hydroxylation is 1. The summed E-state index contributed by atoms with van der Waals surface area (Å²) in [6, 6.07) is 19.0. The molecule has 0 radical (unpaired) electrons. The lowest BCUT2D eigenvalue weighted by molar-refractivity contribution is -0.130. The second-order valence-corrected chi connectivity index (χ2v) is 9.43. The van der Waals surface area contributed by atoms with Crippen LogP contribution in [0.15, 0.2) is 81.6 Å². The summed E-state index contributed by atoms with van der Waals surface area (Å²) in [7, 11) is 1.91. The van der Waals surface area contributed by atoms with Gasteiger partial charge >= 0.3 is 0 Å². The van der Waals surface area contributed by atoms with Gasteiger partial charge in [-0.2, -0.15) is 5.10 Å². The zero-order chi connectivity index (χ0) is 23.7. The molecule has 2 aromatic heterocycles. The van der Waals surface area contributed by atoms with Gasteiger partial charge in [0.25, 0.3) is 5.91 Å². The summed E-state index contributed by atoms with van der Waals surface area (Å²) in [5.74, 6) is 1.51. The van der Waals surface area contributed by atoms with Crippen LogP contribution in [0.1, 0.15) is 29.3 Å². The Morgan fingerprint density at radius 1 is 1.12 bits per heavy atom. The number of rotatable bonds is 6. The van der Waals surface area contributed by atoms with Crippen molar-refractivity contribution in [2.24, 2.45) is 12.1 Å². The molecule has 0 aliphatic carbocycles. The predicted molar refractivity (Wildman–Crippen MR) is 133 cm³/mol. The molecule has 1 aliphatic rings. The van der Waals surface area contributed by atoms with Gasteiger partial charge in [0, 0.05) is 24.1 Å². The van der Waals surface area contributed by atoms with Crippen molar-refractivity contribution in [3.05, 3.63) is 88.8 Å². The maximum Gasteiger partial charge on any atom is 0.253 e. The van der Waals surface area contributed by atoms with E-state index >= 15 is 0 Å². The van der Waals surface area contributed by atoms with Crippen molar-refractivity contribution in [3.63, 3.8) is 0 Å². The molecular formula is C25H22ClN5O2S. The maximum atomic E-state index is 13.3. The number of hydrogen-bond acceptors (Lipinski definition) is 6. The number of aromatic nitrogens is 3. The lowest BCUT2D eigenvalue weighted by atomic mass is 10.0. The average Bonchev–Trinajstić information content (AvgIpc) is 3.58. The fourth-order valence-corrected chi connectivity index (χ4v) is 4.82. The fourth-order valence-electron chi connectivity index (χ4n) is 3.93. The Labute approximate surface area is 206 Å². The van der Waals surface area contributed by atoms with Crippen molar-refractivity contribution in [2.75, 3.05) is 5.75 Å². The summed E-state index contributed by atoms with van der Waals surface area (Å²) in [5.41, 5.74) is 3.89. The Kier molecular flexibility index (Phi) is 6.26. The Hall–Kier alpha value is -3.36. The minimum atomic E-state index is -0.295. The molecule has 172 valence electrons. The number of carbonyl (C=O) groups excluding carboxylic acids is 1. The molecule has 7 nitrogen and oxygen atoms in total. The van der Waals surface area contributed by atoms with Crippen molar-refractivity contribution in [1.29, 1.82) is 0 Å². The number of amides is 1.